The fourth-order valence-electron chi connectivity index (χ4n) is 1.60. The Labute approximate surface area is 117 Å². The van der Waals surface area contributed by atoms with E-state index in [-0.39, 0.29) is 23.2 Å². The average molecular weight is 281 g/mol. The maximum absolute atomic E-state index is 11.9. The number of carbonyl (C=O) groups is 1. The van der Waals surface area contributed by atoms with E-state index in [0.717, 1.165) is 6.54 Å². The maximum Gasteiger partial charge on any atom is 0.296 e. The van der Waals surface area contributed by atoms with Gasteiger partial charge in [0.2, 0.25) is 5.91 Å². The summed E-state index contributed by atoms with van der Waals surface area (Å²) in [5.41, 5.74) is -0.0162. The number of anilines is 1. The Kier molecular flexibility index (Phi) is 5.92. The van der Waals surface area contributed by atoms with Gasteiger partial charge in [-0.25, -0.2) is 0 Å². The highest BCUT2D eigenvalue weighted by Crippen LogP contribution is 2.29. The molecule has 0 saturated heterocycles. The van der Waals surface area contributed by atoms with Crippen molar-refractivity contribution in [3.63, 3.8) is 0 Å². The Morgan fingerprint density at radius 3 is 2.75 bits per heavy atom. The molecular formula is C13H19N3O4. The Morgan fingerprint density at radius 1 is 1.50 bits per heavy atom. The fraction of sp³-hybridized carbons (Fsp3) is 0.462. The number of nitro benzene ring substituents is 1. The Bertz CT molecular complexity index is 491. The second kappa shape index (κ2) is 7.44. The molecule has 1 rings (SSSR count). The number of nitrogens with one attached hydrogen (secondary N) is 2. The number of methoxy groups -OCH3 is 1. The van der Waals surface area contributed by atoms with Crippen LogP contribution in [0.4, 0.5) is 11.4 Å². The summed E-state index contributed by atoms with van der Waals surface area (Å²) in [7, 11) is 1.43. The molecule has 2 N–H and O–H groups in total. The van der Waals surface area contributed by atoms with E-state index >= 15 is 0 Å². The molecule has 1 aromatic carbocycles. The first-order valence-corrected chi connectivity index (χ1v) is 6.33. The fourth-order valence-corrected chi connectivity index (χ4v) is 1.60. The van der Waals surface area contributed by atoms with Crippen LogP contribution in [0.1, 0.15) is 13.8 Å². The van der Waals surface area contributed by atoms with Crippen molar-refractivity contribution < 1.29 is 14.5 Å². The number of nitrogens with zero attached hydrogens (tertiary/aromatic N) is 1. The summed E-state index contributed by atoms with van der Waals surface area (Å²) >= 11 is 0. The van der Waals surface area contributed by atoms with Gasteiger partial charge in [-0.3, -0.25) is 14.9 Å². The zero-order valence-electron chi connectivity index (χ0n) is 11.8. The van der Waals surface area contributed by atoms with Crippen LogP contribution in [0.25, 0.3) is 0 Å². The predicted molar refractivity (Wildman–Crippen MR) is 76.0 cm³/mol. The molecule has 0 aromatic heterocycles. The molecule has 7 nitrogen and oxygen atoms in total. The molecule has 1 aromatic rings. The van der Waals surface area contributed by atoms with Gasteiger partial charge in [0.05, 0.1) is 18.1 Å². The van der Waals surface area contributed by atoms with Crippen molar-refractivity contribution in [2.24, 2.45) is 5.92 Å². The second-order valence-electron chi connectivity index (χ2n) is 4.34. The van der Waals surface area contributed by atoms with Crippen molar-refractivity contribution >= 4 is 17.3 Å². The third-order valence-corrected chi connectivity index (χ3v) is 2.81. The first-order valence-electron chi connectivity index (χ1n) is 6.33. The van der Waals surface area contributed by atoms with Gasteiger partial charge >= 0.3 is 0 Å². The maximum atomic E-state index is 11.9. The van der Waals surface area contributed by atoms with Crippen LogP contribution < -0.4 is 15.4 Å². The van der Waals surface area contributed by atoms with Crippen LogP contribution in [-0.4, -0.2) is 31.0 Å². The summed E-state index contributed by atoms with van der Waals surface area (Å²) in [4.78, 5) is 22.4. The summed E-state index contributed by atoms with van der Waals surface area (Å²) in [6.45, 7) is 4.98. The highest BCUT2D eigenvalue weighted by molar-refractivity contribution is 5.94. The smallest absolute Gasteiger partial charge is 0.296 e. The van der Waals surface area contributed by atoms with Crippen LogP contribution in [0.15, 0.2) is 18.2 Å². The predicted octanol–water partition coefficient (Wildman–Crippen LogP) is 1.79. The molecule has 0 aliphatic carbocycles. The average Bonchev–Trinajstić information content (AvgIpc) is 2.44. The minimum absolute atomic E-state index is 0.171. The number of nitro groups is 1. The number of amides is 1. The minimum Gasteiger partial charge on any atom is -0.496 e. The van der Waals surface area contributed by atoms with Crippen molar-refractivity contribution in [2.45, 2.75) is 13.8 Å². The molecule has 0 aliphatic rings. The molecule has 0 heterocycles. The zero-order valence-corrected chi connectivity index (χ0v) is 11.8. The number of hydrogen-bond acceptors (Lipinski definition) is 5. The third-order valence-electron chi connectivity index (χ3n) is 2.81. The lowest BCUT2D eigenvalue weighted by Gasteiger charge is -2.13. The Morgan fingerprint density at radius 2 is 2.20 bits per heavy atom. The summed E-state index contributed by atoms with van der Waals surface area (Å²) in [5, 5.41) is 16.6. The second-order valence-corrected chi connectivity index (χ2v) is 4.34. The van der Waals surface area contributed by atoms with Crippen LogP contribution >= 0.6 is 0 Å². The van der Waals surface area contributed by atoms with Gasteiger partial charge < -0.3 is 15.4 Å². The van der Waals surface area contributed by atoms with E-state index in [0.29, 0.717) is 12.3 Å². The van der Waals surface area contributed by atoms with E-state index in [9.17, 15) is 14.9 Å². The molecule has 0 fully saturated rings. The van der Waals surface area contributed by atoms with Gasteiger partial charge in [0, 0.05) is 12.5 Å². The molecule has 7 heteroatoms. The van der Waals surface area contributed by atoms with Crippen molar-refractivity contribution in [3.05, 3.63) is 28.3 Å². The van der Waals surface area contributed by atoms with E-state index in [2.05, 4.69) is 10.6 Å². The largest absolute Gasteiger partial charge is 0.496 e. The van der Waals surface area contributed by atoms with Crippen molar-refractivity contribution in [3.8, 4) is 5.75 Å². The van der Waals surface area contributed by atoms with Gasteiger partial charge in [0.15, 0.2) is 0 Å². The summed E-state index contributed by atoms with van der Waals surface area (Å²) in [5.74, 6) is -0.175. The molecule has 1 amide bonds. The minimum atomic E-state index is -0.549. The molecular weight excluding hydrogens is 262 g/mol. The summed E-state index contributed by atoms with van der Waals surface area (Å²) < 4.78 is 4.94. The summed E-state index contributed by atoms with van der Waals surface area (Å²) in [6, 6.07) is 4.32. The van der Waals surface area contributed by atoms with Crippen LogP contribution in [-0.2, 0) is 4.79 Å². The van der Waals surface area contributed by atoms with E-state index < -0.39 is 4.92 Å². The molecule has 0 saturated carbocycles. The zero-order chi connectivity index (χ0) is 15.1. The van der Waals surface area contributed by atoms with Gasteiger partial charge in [-0.2, -0.15) is 0 Å². The van der Waals surface area contributed by atoms with Crippen LogP contribution in [0.2, 0.25) is 0 Å². The number of benzene rings is 1. The van der Waals surface area contributed by atoms with Gasteiger partial charge in [-0.05, 0) is 18.7 Å². The molecule has 1 unspecified atom stereocenters. The first-order chi connectivity index (χ1) is 9.49. The Balaban J connectivity index is 2.86. The Hall–Kier alpha value is -2.15. The normalized spacial score (nSPS) is 11.8. The molecule has 20 heavy (non-hydrogen) atoms. The molecule has 0 radical (unpaired) electrons. The topological polar surface area (TPSA) is 93.5 Å². The lowest BCUT2D eigenvalue weighted by Crippen LogP contribution is -2.30. The monoisotopic (exact) mass is 281 g/mol. The number of carbonyl (C=O) groups excluding carboxylic acids is 1. The van der Waals surface area contributed by atoms with Gasteiger partial charge in [-0.15, -0.1) is 0 Å². The van der Waals surface area contributed by atoms with Crippen LogP contribution in [0.5, 0.6) is 5.75 Å². The van der Waals surface area contributed by atoms with Crippen molar-refractivity contribution in [1.29, 1.82) is 0 Å². The molecule has 1 atom stereocenters. The third kappa shape index (κ3) is 4.20. The quantitative estimate of drug-likeness (QED) is 0.587. The molecule has 0 spiro atoms. The number of ether oxygens (including phenoxy) is 1. The molecule has 0 bridgehead atoms. The van der Waals surface area contributed by atoms with Crippen LogP contribution in [0, 0.1) is 16.0 Å². The van der Waals surface area contributed by atoms with Crippen molar-refractivity contribution in [1.82, 2.24) is 5.32 Å². The lowest BCUT2D eigenvalue weighted by molar-refractivity contribution is -0.384. The summed E-state index contributed by atoms with van der Waals surface area (Å²) in [6.07, 6.45) is 0. The molecule has 0 aliphatic heterocycles. The van der Waals surface area contributed by atoms with Gasteiger partial charge in [-0.1, -0.05) is 13.8 Å². The first kappa shape index (κ1) is 15.9. The van der Waals surface area contributed by atoms with E-state index in [4.69, 9.17) is 4.74 Å². The highest BCUT2D eigenvalue weighted by atomic mass is 16.6. The van der Waals surface area contributed by atoms with E-state index in [1.54, 1.807) is 13.0 Å². The van der Waals surface area contributed by atoms with Gasteiger partial charge in [0.25, 0.3) is 5.69 Å². The number of hydrogen-bond donors (Lipinski definition) is 2. The van der Waals surface area contributed by atoms with Crippen LogP contribution in [0.3, 0.4) is 0 Å². The SMILES string of the molecule is CCNCC(C)C(=O)Nc1ccc(OC)cc1[N+](=O)[O-]. The van der Waals surface area contributed by atoms with Gasteiger partial charge in [0.1, 0.15) is 11.4 Å². The van der Waals surface area contributed by atoms with Crippen molar-refractivity contribution in [2.75, 3.05) is 25.5 Å². The molecule has 110 valence electrons. The van der Waals surface area contributed by atoms with E-state index in [1.165, 1.54) is 19.2 Å². The standard InChI is InChI=1S/C13H19N3O4/c1-4-14-8-9(2)13(17)15-11-6-5-10(20-3)7-12(11)16(18)19/h5-7,9,14H,4,8H2,1-3H3,(H,15,17). The highest BCUT2D eigenvalue weighted by Gasteiger charge is 2.19. The number of rotatable bonds is 7. The van der Waals surface area contributed by atoms with E-state index in [1.807, 2.05) is 6.92 Å². The lowest BCUT2D eigenvalue weighted by atomic mass is 10.1.